The third-order valence-corrected chi connectivity index (χ3v) is 5.89. The number of anilines is 1. The minimum atomic E-state index is -0.290. The number of carbonyl (C=O) groups excluding carboxylic acids is 1. The summed E-state index contributed by atoms with van der Waals surface area (Å²) in [6.07, 6.45) is 3.46. The highest BCUT2D eigenvalue weighted by molar-refractivity contribution is 9.10. The summed E-state index contributed by atoms with van der Waals surface area (Å²) < 4.78 is 2.20. The summed E-state index contributed by atoms with van der Waals surface area (Å²) in [5, 5.41) is 6.51. The summed E-state index contributed by atoms with van der Waals surface area (Å²) in [7, 11) is 0. The Kier molecular flexibility index (Phi) is 5.74. The van der Waals surface area contributed by atoms with Crippen LogP contribution < -0.4 is 10.6 Å². The van der Waals surface area contributed by atoms with Crippen LogP contribution in [0.3, 0.4) is 0 Å². The van der Waals surface area contributed by atoms with Gasteiger partial charge in [0.15, 0.2) is 0 Å². The van der Waals surface area contributed by atoms with Crippen molar-refractivity contribution in [3.63, 3.8) is 0 Å². The van der Waals surface area contributed by atoms with Crippen LogP contribution in [0, 0.1) is 6.92 Å². The van der Waals surface area contributed by atoms with E-state index in [1.54, 1.807) is 17.5 Å². The fourth-order valence-corrected chi connectivity index (χ4v) is 4.14. The first-order chi connectivity index (χ1) is 14.1. The zero-order valence-electron chi connectivity index (χ0n) is 15.6. The van der Waals surface area contributed by atoms with Crippen LogP contribution >= 0.6 is 27.3 Å². The largest absolute Gasteiger partial charge is 0.323 e. The molecular weight excluding hydrogens is 446 g/mol. The Labute approximate surface area is 181 Å². The molecule has 0 spiro atoms. The van der Waals surface area contributed by atoms with Gasteiger partial charge < -0.3 is 10.6 Å². The SMILES string of the molecule is Cc1ccc2nc(-c3ccc(NC(=O)N/C=C/c4ccc(Br)cc4)cc3)sc2c1. The van der Waals surface area contributed by atoms with E-state index in [4.69, 9.17) is 4.98 Å². The van der Waals surface area contributed by atoms with Crippen LogP contribution in [0.15, 0.2) is 77.4 Å². The number of hydrogen-bond donors (Lipinski definition) is 2. The van der Waals surface area contributed by atoms with Gasteiger partial charge in [-0.3, -0.25) is 0 Å². The average Bonchev–Trinajstić information content (AvgIpc) is 3.13. The Morgan fingerprint density at radius 3 is 2.55 bits per heavy atom. The summed E-state index contributed by atoms with van der Waals surface area (Å²) in [6, 6.07) is 21.5. The second-order valence-electron chi connectivity index (χ2n) is 6.55. The van der Waals surface area contributed by atoms with Crippen LogP contribution in [0.4, 0.5) is 10.5 Å². The van der Waals surface area contributed by atoms with E-state index in [1.165, 1.54) is 10.3 Å². The van der Waals surface area contributed by atoms with Crippen LogP contribution in [0.25, 0.3) is 26.9 Å². The fraction of sp³-hybridized carbons (Fsp3) is 0.0435. The molecule has 0 saturated carbocycles. The van der Waals surface area contributed by atoms with Gasteiger partial charge in [-0.25, -0.2) is 9.78 Å². The van der Waals surface area contributed by atoms with Gasteiger partial charge in [0.25, 0.3) is 0 Å². The molecule has 0 fully saturated rings. The van der Waals surface area contributed by atoms with Crippen LogP contribution in [0.1, 0.15) is 11.1 Å². The van der Waals surface area contributed by atoms with Gasteiger partial charge in [-0.2, -0.15) is 0 Å². The maximum absolute atomic E-state index is 12.1. The summed E-state index contributed by atoms with van der Waals surface area (Å²) in [6.45, 7) is 2.08. The Morgan fingerprint density at radius 1 is 1.03 bits per heavy atom. The fourth-order valence-electron chi connectivity index (χ4n) is 2.81. The number of thiazole rings is 1. The van der Waals surface area contributed by atoms with Crippen molar-refractivity contribution in [3.05, 3.63) is 88.5 Å². The second kappa shape index (κ2) is 8.59. The zero-order valence-corrected chi connectivity index (χ0v) is 18.0. The first kappa shape index (κ1) is 19.4. The lowest BCUT2D eigenvalue weighted by molar-refractivity contribution is 0.255. The molecule has 0 atom stereocenters. The van der Waals surface area contributed by atoms with E-state index >= 15 is 0 Å². The third-order valence-electron chi connectivity index (χ3n) is 4.29. The number of benzene rings is 3. The highest BCUT2D eigenvalue weighted by Crippen LogP contribution is 2.31. The predicted molar refractivity (Wildman–Crippen MR) is 125 cm³/mol. The number of nitrogens with zero attached hydrogens (tertiary/aromatic N) is 1. The molecule has 4 rings (SSSR count). The standard InChI is InChI=1S/C23H18BrN3OS/c1-15-2-11-20-21(14-15)29-22(27-20)17-5-9-19(10-6-17)26-23(28)25-13-12-16-3-7-18(24)8-4-16/h2-14H,1H3,(H2,25,26,28)/b13-12+. The van der Waals surface area contributed by atoms with Gasteiger partial charge >= 0.3 is 6.03 Å². The monoisotopic (exact) mass is 463 g/mol. The lowest BCUT2D eigenvalue weighted by Crippen LogP contribution is -2.23. The molecule has 6 heteroatoms. The maximum Gasteiger partial charge on any atom is 0.323 e. The van der Waals surface area contributed by atoms with Gasteiger partial charge in [0, 0.05) is 21.9 Å². The first-order valence-corrected chi connectivity index (χ1v) is 10.6. The number of fused-ring (bicyclic) bond motifs is 1. The number of nitrogens with one attached hydrogen (secondary N) is 2. The zero-order chi connectivity index (χ0) is 20.2. The van der Waals surface area contributed by atoms with Gasteiger partial charge in [-0.1, -0.05) is 34.1 Å². The third kappa shape index (κ3) is 4.91. The molecule has 4 aromatic rings. The number of aromatic nitrogens is 1. The van der Waals surface area contributed by atoms with Crippen molar-refractivity contribution in [2.75, 3.05) is 5.32 Å². The molecule has 0 bridgehead atoms. The van der Waals surface area contributed by atoms with E-state index in [-0.39, 0.29) is 6.03 Å². The Morgan fingerprint density at radius 2 is 1.79 bits per heavy atom. The van der Waals surface area contributed by atoms with Gasteiger partial charge in [0.1, 0.15) is 5.01 Å². The number of carbonyl (C=O) groups is 1. The van der Waals surface area contributed by atoms with Gasteiger partial charge in [0.2, 0.25) is 0 Å². The Balaban J connectivity index is 1.38. The van der Waals surface area contributed by atoms with Crippen LogP contribution in [0.2, 0.25) is 0 Å². The van der Waals surface area contributed by atoms with E-state index in [1.807, 2.05) is 60.7 Å². The molecule has 0 aliphatic rings. The Hall–Kier alpha value is -2.96. The van der Waals surface area contributed by atoms with Crippen molar-refractivity contribution in [2.45, 2.75) is 6.92 Å². The van der Waals surface area contributed by atoms with E-state index in [9.17, 15) is 4.79 Å². The number of urea groups is 1. The molecule has 0 unspecified atom stereocenters. The Bertz CT molecular complexity index is 1180. The van der Waals surface area contributed by atoms with E-state index in [2.05, 4.69) is 45.6 Å². The van der Waals surface area contributed by atoms with Gasteiger partial charge in [-0.05, 0) is 72.7 Å². The van der Waals surface area contributed by atoms with Gasteiger partial charge in [-0.15, -0.1) is 11.3 Å². The summed E-state index contributed by atoms with van der Waals surface area (Å²) >= 11 is 5.07. The number of aryl methyl sites for hydroxylation is 1. The topological polar surface area (TPSA) is 54.0 Å². The second-order valence-corrected chi connectivity index (χ2v) is 8.50. The van der Waals surface area contributed by atoms with Crippen LogP contribution in [0.5, 0.6) is 0 Å². The van der Waals surface area contributed by atoms with Crippen molar-refractivity contribution in [1.29, 1.82) is 0 Å². The smallest absolute Gasteiger partial charge is 0.314 e. The summed E-state index contributed by atoms with van der Waals surface area (Å²) in [4.78, 5) is 16.8. The van der Waals surface area contributed by atoms with Crippen molar-refractivity contribution < 1.29 is 4.79 Å². The first-order valence-electron chi connectivity index (χ1n) is 9.04. The molecule has 2 N–H and O–H groups in total. The number of halogens is 1. The highest BCUT2D eigenvalue weighted by Gasteiger charge is 2.07. The van der Waals surface area contributed by atoms with Crippen molar-refractivity contribution in [2.24, 2.45) is 0 Å². The van der Waals surface area contributed by atoms with Crippen molar-refractivity contribution in [3.8, 4) is 10.6 Å². The lowest BCUT2D eigenvalue weighted by Gasteiger charge is -2.05. The average molecular weight is 464 g/mol. The number of hydrogen-bond acceptors (Lipinski definition) is 3. The molecule has 0 radical (unpaired) electrons. The molecule has 1 aromatic heterocycles. The van der Waals surface area contributed by atoms with E-state index in [0.29, 0.717) is 0 Å². The van der Waals surface area contributed by atoms with Gasteiger partial charge in [0.05, 0.1) is 10.2 Å². The molecule has 0 aliphatic heterocycles. The molecule has 144 valence electrons. The molecule has 0 aliphatic carbocycles. The molecule has 4 nitrogen and oxygen atoms in total. The van der Waals surface area contributed by atoms with E-state index < -0.39 is 0 Å². The number of amides is 2. The highest BCUT2D eigenvalue weighted by atomic mass is 79.9. The number of rotatable bonds is 4. The summed E-state index contributed by atoms with van der Waals surface area (Å²) in [5.41, 5.74) is 5.00. The molecule has 0 saturated heterocycles. The lowest BCUT2D eigenvalue weighted by atomic mass is 10.2. The molecule has 1 heterocycles. The van der Waals surface area contributed by atoms with Crippen molar-refractivity contribution in [1.82, 2.24) is 10.3 Å². The maximum atomic E-state index is 12.1. The van der Waals surface area contributed by atoms with E-state index in [0.717, 1.165) is 31.8 Å². The quantitative estimate of drug-likeness (QED) is 0.348. The summed E-state index contributed by atoms with van der Waals surface area (Å²) in [5.74, 6) is 0. The van der Waals surface area contributed by atoms with Crippen LogP contribution in [-0.4, -0.2) is 11.0 Å². The predicted octanol–water partition coefficient (Wildman–Crippen LogP) is 6.83. The minimum absolute atomic E-state index is 0.290. The molecular formula is C23H18BrN3OS. The van der Waals surface area contributed by atoms with Crippen LogP contribution in [-0.2, 0) is 0 Å². The molecule has 2 amide bonds. The minimum Gasteiger partial charge on any atom is -0.314 e. The molecule has 3 aromatic carbocycles. The normalized spacial score (nSPS) is 11.1. The van der Waals surface area contributed by atoms with Crippen molar-refractivity contribution >= 4 is 55.3 Å². The molecule has 29 heavy (non-hydrogen) atoms.